The smallest absolute Gasteiger partial charge is 0.250 e. The van der Waals surface area contributed by atoms with Gasteiger partial charge in [-0.1, -0.05) is 12.1 Å². The fourth-order valence-electron chi connectivity index (χ4n) is 2.57. The van der Waals surface area contributed by atoms with Crippen LogP contribution in [0.3, 0.4) is 0 Å². The largest absolute Gasteiger partial charge is 0.492 e. The van der Waals surface area contributed by atoms with Crippen LogP contribution in [0, 0.1) is 0 Å². The van der Waals surface area contributed by atoms with Crippen LogP contribution in [0.1, 0.15) is 23.7 Å². The van der Waals surface area contributed by atoms with Crippen molar-refractivity contribution < 1.29 is 9.84 Å². The predicted molar refractivity (Wildman–Crippen MR) is 75.9 cm³/mol. The van der Waals surface area contributed by atoms with Gasteiger partial charge in [0.15, 0.2) is 0 Å². The second-order valence-electron chi connectivity index (χ2n) is 5.00. The van der Waals surface area contributed by atoms with Crippen molar-refractivity contribution in [2.45, 2.75) is 25.5 Å². The summed E-state index contributed by atoms with van der Waals surface area (Å²) in [7, 11) is 0. The number of aromatic nitrogens is 1. The predicted octanol–water partition coefficient (Wildman–Crippen LogP) is 1.91. The van der Waals surface area contributed by atoms with Gasteiger partial charge in [-0.25, -0.2) is 0 Å². The molecule has 1 aliphatic carbocycles. The molecule has 104 valence electrons. The second-order valence-corrected chi connectivity index (χ2v) is 5.00. The van der Waals surface area contributed by atoms with E-state index in [9.17, 15) is 9.90 Å². The Labute approximate surface area is 117 Å². The molecular weight excluding hydrogens is 254 g/mol. The highest BCUT2D eigenvalue weighted by Gasteiger charge is 2.20. The molecule has 1 aromatic carbocycles. The first kappa shape index (κ1) is 12.9. The average Bonchev–Trinajstić information content (AvgIpc) is 2.82. The molecule has 20 heavy (non-hydrogen) atoms. The summed E-state index contributed by atoms with van der Waals surface area (Å²) in [6, 6.07) is 10.9. The number of hydrogen-bond donors (Lipinski definition) is 1. The number of rotatable bonds is 4. The third kappa shape index (κ3) is 2.60. The Morgan fingerprint density at radius 1 is 1.30 bits per heavy atom. The minimum Gasteiger partial charge on any atom is -0.492 e. The topological polar surface area (TPSA) is 51.5 Å². The van der Waals surface area contributed by atoms with E-state index in [4.69, 9.17) is 4.74 Å². The van der Waals surface area contributed by atoms with Crippen LogP contribution in [-0.2, 0) is 13.0 Å². The molecule has 3 rings (SSSR count). The zero-order valence-corrected chi connectivity index (χ0v) is 11.2. The molecule has 4 nitrogen and oxygen atoms in total. The van der Waals surface area contributed by atoms with Gasteiger partial charge in [0, 0.05) is 12.3 Å². The monoisotopic (exact) mass is 271 g/mol. The van der Waals surface area contributed by atoms with Crippen molar-refractivity contribution in [2.24, 2.45) is 0 Å². The number of pyridine rings is 1. The second kappa shape index (κ2) is 5.51. The van der Waals surface area contributed by atoms with Crippen LogP contribution in [-0.4, -0.2) is 16.3 Å². The Kier molecular flexibility index (Phi) is 3.56. The number of ether oxygens (including phenoxy) is 1. The lowest BCUT2D eigenvalue weighted by molar-refractivity contribution is 0.180. The molecule has 0 spiro atoms. The molecule has 1 heterocycles. The molecule has 0 fully saturated rings. The summed E-state index contributed by atoms with van der Waals surface area (Å²) in [5.41, 5.74) is 2.15. The van der Waals surface area contributed by atoms with E-state index in [0.717, 1.165) is 29.7 Å². The zero-order valence-electron chi connectivity index (χ0n) is 11.2. The highest BCUT2D eigenvalue weighted by atomic mass is 16.5. The summed E-state index contributed by atoms with van der Waals surface area (Å²) in [4.78, 5) is 11.5. The summed E-state index contributed by atoms with van der Waals surface area (Å²) < 4.78 is 7.31. The number of benzene rings is 1. The summed E-state index contributed by atoms with van der Waals surface area (Å²) in [5, 5.41) is 9.75. The van der Waals surface area contributed by atoms with Crippen molar-refractivity contribution >= 4 is 0 Å². The van der Waals surface area contributed by atoms with Gasteiger partial charge in [0.25, 0.3) is 5.56 Å². The van der Waals surface area contributed by atoms with E-state index in [2.05, 4.69) is 0 Å². The van der Waals surface area contributed by atoms with Crippen molar-refractivity contribution in [1.29, 1.82) is 0 Å². The van der Waals surface area contributed by atoms with Crippen LogP contribution in [0.15, 0.2) is 47.4 Å². The number of aliphatic hydroxyl groups excluding tert-OH is 1. The van der Waals surface area contributed by atoms with Crippen LogP contribution in [0.4, 0.5) is 0 Å². The van der Waals surface area contributed by atoms with Crippen molar-refractivity contribution in [1.82, 2.24) is 4.57 Å². The maximum atomic E-state index is 11.5. The third-order valence-electron chi connectivity index (χ3n) is 3.66. The van der Waals surface area contributed by atoms with Gasteiger partial charge in [0.2, 0.25) is 0 Å². The van der Waals surface area contributed by atoms with Gasteiger partial charge in [-0.05, 0) is 42.2 Å². The Balaban J connectivity index is 1.62. The van der Waals surface area contributed by atoms with E-state index in [1.165, 1.54) is 6.07 Å². The summed E-state index contributed by atoms with van der Waals surface area (Å²) >= 11 is 0. The fourth-order valence-corrected chi connectivity index (χ4v) is 2.57. The molecule has 0 aliphatic heterocycles. The molecule has 0 radical (unpaired) electrons. The molecule has 1 atom stereocenters. The van der Waals surface area contributed by atoms with E-state index >= 15 is 0 Å². The number of fused-ring (bicyclic) bond motifs is 1. The van der Waals surface area contributed by atoms with Crippen LogP contribution in [0.2, 0.25) is 0 Å². The first-order valence-electron chi connectivity index (χ1n) is 6.83. The SMILES string of the molecule is O=c1ccccn1CCOc1ccc2c(c1)CC[C@@H]2O. The molecule has 0 bridgehead atoms. The summed E-state index contributed by atoms with van der Waals surface area (Å²) in [5.74, 6) is 0.793. The first-order valence-corrected chi connectivity index (χ1v) is 6.83. The Hall–Kier alpha value is -2.07. The molecule has 0 amide bonds. The molecule has 0 unspecified atom stereocenters. The van der Waals surface area contributed by atoms with Gasteiger partial charge in [0.1, 0.15) is 12.4 Å². The van der Waals surface area contributed by atoms with Crippen molar-refractivity contribution in [3.8, 4) is 5.75 Å². The first-order chi connectivity index (χ1) is 9.74. The van der Waals surface area contributed by atoms with Crippen molar-refractivity contribution in [2.75, 3.05) is 6.61 Å². The van der Waals surface area contributed by atoms with Crippen molar-refractivity contribution in [3.05, 3.63) is 64.1 Å². The lowest BCUT2D eigenvalue weighted by atomic mass is 10.1. The van der Waals surface area contributed by atoms with E-state index in [1.54, 1.807) is 16.8 Å². The highest BCUT2D eigenvalue weighted by molar-refractivity contribution is 5.39. The molecule has 4 heteroatoms. The van der Waals surface area contributed by atoms with E-state index in [1.807, 2.05) is 24.3 Å². The summed E-state index contributed by atoms with van der Waals surface area (Å²) in [6.45, 7) is 0.977. The summed E-state index contributed by atoms with van der Waals surface area (Å²) in [6.07, 6.45) is 3.11. The number of nitrogens with zero attached hydrogens (tertiary/aromatic N) is 1. The molecule has 0 saturated heterocycles. The van der Waals surface area contributed by atoms with Crippen LogP contribution in [0.5, 0.6) is 5.75 Å². The lowest BCUT2D eigenvalue weighted by Gasteiger charge is -2.10. The lowest BCUT2D eigenvalue weighted by Crippen LogP contribution is -2.21. The number of hydrogen-bond acceptors (Lipinski definition) is 3. The molecule has 1 aromatic heterocycles. The zero-order chi connectivity index (χ0) is 13.9. The Bertz CT molecular complexity index is 663. The minimum absolute atomic E-state index is 0.0202. The Morgan fingerprint density at radius 3 is 3.05 bits per heavy atom. The van der Waals surface area contributed by atoms with E-state index in [0.29, 0.717) is 13.2 Å². The van der Waals surface area contributed by atoms with E-state index < -0.39 is 0 Å². The van der Waals surface area contributed by atoms with Gasteiger partial charge in [0.05, 0.1) is 12.6 Å². The van der Waals surface area contributed by atoms with Crippen molar-refractivity contribution in [3.63, 3.8) is 0 Å². The maximum absolute atomic E-state index is 11.5. The maximum Gasteiger partial charge on any atom is 0.250 e. The molecule has 0 saturated carbocycles. The molecular formula is C16H17NO3. The number of aliphatic hydroxyl groups is 1. The van der Waals surface area contributed by atoms with Crippen LogP contribution < -0.4 is 10.3 Å². The molecule has 1 aliphatic rings. The average molecular weight is 271 g/mol. The van der Waals surface area contributed by atoms with Crippen LogP contribution in [0.25, 0.3) is 0 Å². The standard InChI is InChI=1S/C16H17NO3/c18-15-7-4-12-11-13(5-6-14(12)15)20-10-9-17-8-2-1-3-16(17)19/h1-3,5-6,8,11,15,18H,4,7,9-10H2/t15-/m0/s1. The van der Waals surface area contributed by atoms with Gasteiger partial charge in [-0.2, -0.15) is 0 Å². The van der Waals surface area contributed by atoms with Gasteiger partial charge >= 0.3 is 0 Å². The minimum atomic E-state index is -0.332. The fraction of sp³-hybridized carbons (Fsp3) is 0.312. The normalized spacial score (nSPS) is 16.9. The van der Waals surface area contributed by atoms with Gasteiger partial charge in [-0.15, -0.1) is 0 Å². The van der Waals surface area contributed by atoms with E-state index in [-0.39, 0.29) is 11.7 Å². The third-order valence-corrected chi connectivity index (χ3v) is 3.66. The molecule has 2 aromatic rings. The van der Waals surface area contributed by atoms with Crippen LogP contribution >= 0.6 is 0 Å². The molecule has 1 N–H and O–H groups in total. The quantitative estimate of drug-likeness (QED) is 0.924. The Morgan fingerprint density at radius 2 is 2.20 bits per heavy atom. The van der Waals surface area contributed by atoms with Gasteiger partial charge < -0.3 is 14.4 Å². The highest BCUT2D eigenvalue weighted by Crippen LogP contribution is 2.33. The van der Waals surface area contributed by atoms with Gasteiger partial charge in [-0.3, -0.25) is 4.79 Å². The number of aryl methyl sites for hydroxylation is 1.